The highest BCUT2D eigenvalue weighted by molar-refractivity contribution is 7.99. The second-order valence-corrected chi connectivity index (χ2v) is 8.56. The molecule has 0 bridgehead atoms. The van der Waals surface area contributed by atoms with Gasteiger partial charge < -0.3 is 14.5 Å². The average molecular weight is 472 g/mol. The molecule has 0 aliphatic carbocycles. The van der Waals surface area contributed by atoms with E-state index in [0.29, 0.717) is 21.9 Å². The maximum atomic E-state index is 13.5. The highest BCUT2D eigenvalue weighted by Crippen LogP contribution is 2.28. The van der Waals surface area contributed by atoms with Crippen LogP contribution in [0.5, 0.6) is 5.75 Å². The summed E-state index contributed by atoms with van der Waals surface area (Å²) in [6.45, 7) is 0.283. The van der Waals surface area contributed by atoms with Gasteiger partial charge in [0.05, 0.1) is 19.4 Å². The first kappa shape index (κ1) is 21.8. The smallest absolute Gasteiger partial charge is 0.298 e. The number of thioether (sulfide) groups is 1. The van der Waals surface area contributed by atoms with Crippen molar-refractivity contribution in [3.63, 3.8) is 0 Å². The summed E-state index contributed by atoms with van der Waals surface area (Å²) in [5.41, 5.74) is 2.62. The molecule has 1 amide bonds. The van der Waals surface area contributed by atoms with E-state index in [0.717, 1.165) is 16.7 Å². The van der Waals surface area contributed by atoms with Crippen LogP contribution in [-0.4, -0.2) is 28.3 Å². The summed E-state index contributed by atoms with van der Waals surface area (Å²) in [4.78, 5) is 30.8. The van der Waals surface area contributed by atoms with Crippen molar-refractivity contribution >= 4 is 45.4 Å². The molecule has 0 aliphatic rings. The number of para-hydroxylation sites is 2. The van der Waals surface area contributed by atoms with Gasteiger partial charge in [0.15, 0.2) is 5.16 Å². The third-order valence-electron chi connectivity index (χ3n) is 5.34. The fourth-order valence-corrected chi connectivity index (χ4v) is 4.46. The number of benzene rings is 3. The molecule has 0 saturated carbocycles. The number of carbonyl (C=O) groups excluding carboxylic acids is 1. The van der Waals surface area contributed by atoms with Crippen LogP contribution in [0.25, 0.3) is 22.1 Å². The highest BCUT2D eigenvalue weighted by atomic mass is 32.2. The quantitative estimate of drug-likeness (QED) is 0.268. The number of nitrogens with zero attached hydrogens (tertiary/aromatic N) is 2. The molecule has 34 heavy (non-hydrogen) atoms. The van der Waals surface area contributed by atoms with Crippen molar-refractivity contribution in [2.24, 2.45) is 0 Å². The Morgan fingerprint density at radius 1 is 1.03 bits per heavy atom. The minimum absolute atomic E-state index is 0.102. The summed E-state index contributed by atoms with van der Waals surface area (Å²) in [5, 5.41) is 4.08. The van der Waals surface area contributed by atoms with Gasteiger partial charge in [-0.3, -0.25) is 14.2 Å². The average Bonchev–Trinajstić information content (AvgIpc) is 3.24. The first-order valence-electron chi connectivity index (χ1n) is 10.6. The number of hydrogen-bond acceptors (Lipinski definition) is 6. The third kappa shape index (κ3) is 4.40. The van der Waals surface area contributed by atoms with Gasteiger partial charge in [-0.15, -0.1) is 0 Å². The van der Waals surface area contributed by atoms with E-state index < -0.39 is 0 Å². The van der Waals surface area contributed by atoms with E-state index in [1.165, 1.54) is 11.8 Å². The van der Waals surface area contributed by atoms with Crippen molar-refractivity contribution < 1.29 is 13.9 Å². The first-order chi connectivity index (χ1) is 16.6. The molecule has 2 heterocycles. The van der Waals surface area contributed by atoms with Crippen LogP contribution in [0.2, 0.25) is 0 Å². The molecular weight excluding hydrogens is 450 g/mol. The number of methoxy groups -OCH3 is 1. The Morgan fingerprint density at radius 3 is 2.53 bits per heavy atom. The Balaban J connectivity index is 1.51. The van der Waals surface area contributed by atoms with E-state index in [-0.39, 0.29) is 29.3 Å². The fraction of sp³-hybridized carbons (Fsp3) is 0.115. The van der Waals surface area contributed by atoms with Crippen LogP contribution in [0.15, 0.2) is 93.2 Å². The number of nitrogens with one attached hydrogen (secondary N) is 1. The summed E-state index contributed by atoms with van der Waals surface area (Å²) >= 11 is 1.22. The summed E-state index contributed by atoms with van der Waals surface area (Å²) in [5.74, 6) is 0.651. The lowest BCUT2D eigenvalue weighted by molar-refractivity contribution is -0.113. The number of amides is 1. The molecule has 7 nitrogen and oxygen atoms in total. The number of carbonyl (C=O) groups is 1. The minimum Gasteiger partial charge on any atom is -0.497 e. The van der Waals surface area contributed by atoms with E-state index in [2.05, 4.69) is 5.32 Å². The Hall–Kier alpha value is -4.04. The fourth-order valence-electron chi connectivity index (χ4n) is 3.67. The normalized spacial score (nSPS) is 11.1. The van der Waals surface area contributed by atoms with Crippen molar-refractivity contribution in [2.75, 3.05) is 18.2 Å². The number of fused-ring (bicyclic) bond motifs is 3. The lowest BCUT2D eigenvalue weighted by Gasteiger charge is -2.12. The van der Waals surface area contributed by atoms with Gasteiger partial charge in [0.2, 0.25) is 11.5 Å². The summed E-state index contributed by atoms with van der Waals surface area (Å²) in [6.07, 6.45) is 0. The van der Waals surface area contributed by atoms with E-state index >= 15 is 0 Å². The lowest BCUT2D eigenvalue weighted by atomic mass is 10.2. The van der Waals surface area contributed by atoms with E-state index in [9.17, 15) is 9.59 Å². The van der Waals surface area contributed by atoms with Gasteiger partial charge in [-0.1, -0.05) is 54.2 Å². The zero-order valence-corrected chi connectivity index (χ0v) is 19.2. The summed E-state index contributed by atoms with van der Waals surface area (Å²) < 4.78 is 12.6. The number of ether oxygens (including phenoxy) is 1. The van der Waals surface area contributed by atoms with Crippen molar-refractivity contribution in [1.29, 1.82) is 0 Å². The van der Waals surface area contributed by atoms with Gasteiger partial charge in [-0.2, -0.15) is 0 Å². The Morgan fingerprint density at radius 2 is 1.76 bits per heavy atom. The molecular formula is C26H21N3O4S. The number of furan rings is 1. The standard InChI is InChI=1S/C26H21N3O4S/c1-32-19-13-11-17(12-14-19)15-29-25(31)24-23(20-9-5-6-10-21(20)33-24)28-26(29)34-16-22(30)27-18-7-3-2-4-8-18/h2-14H,15-16H2,1H3,(H,27,30). The number of aromatic nitrogens is 2. The molecule has 0 fully saturated rings. The third-order valence-corrected chi connectivity index (χ3v) is 6.31. The highest BCUT2D eigenvalue weighted by Gasteiger charge is 2.19. The molecule has 0 spiro atoms. The van der Waals surface area contributed by atoms with Gasteiger partial charge in [0.25, 0.3) is 5.56 Å². The van der Waals surface area contributed by atoms with Crippen LogP contribution in [0.4, 0.5) is 5.69 Å². The van der Waals surface area contributed by atoms with Gasteiger partial charge in [-0.25, -0.2) is 4.98 Å². The molecule has 170 valence electrons. The van der Waals surface area contributed by atoms with Crippen LogP contribution < -0.4 is 15.6 Å². The Labute approximate surface area is 199 Å². The minimum atomic E-state index is -0.289. The van der Waals surface area contributed by atoms with E-state index in [4.69, 9.17) is 14.1 Å². The van der Waals surface area contributed by atoms with Crippen molar-refractivity contribution in [2.45, 2.75) is 11.7 Å². The zero-order chi connectivity index (χ0) is 23.5. The van der Waals surface area contributed by atoms with Crippen LogP contribution in [0.3, 0.4) is 0 Å². The molecule has 0 aliphatic heterocycles. The molecule has 8 heteroatoms. The topological polar surface area (TPSA) is 86.4 Å². The second-order valence-electron chi connectivity index (χ2n) is 7.61. The van der Waals surface area contributed by atoms with Gasteiger partial charge >= 0.3 is 0 Å². The molecule has 0 atom stereocenters. The molecule has 5 aromatic rings. The van der Waals surface area contributed by atoms with E-state index in [1.807, 2.05) is 78.9 Å². The van der Waals surface area contributed by atoms with Gasteiger partial charge in [-0.05, 0) is 42.0 Å². The van der Waals surface area contributed by atoms with Crippen LogP contribution in [-0.2, 0) is 11.3 Å². The Kier molecular flexibility index (Phi) is 6.05. The number of rotatable bonds is 7. The van der Waals surface area contributed by atoms with Crippen LogP contribution in [0.1, 0.15) is 5.56 Å². The number of hydrogen-bond donors (Lipinski definition) is 1. The molecule has 0 saturated heterocycles. The molecule has 5 rings (SSSR count). The predicted molar refractivity (Wildman–Crippen MR) is 134 cm³/mol. The largest absolute Gasteiger partial charge is 0.497 e. The van der Waals surface area contributed by atoms with Crippen LogP contribution >= 0.6 is 11.8 Å². The maximum Gasteiger partial charge on any atom is 0.298 e. The Bertz CT molecular complexity index is 1530. The van der Waals surface area contributed by atoms with E-state index in [1.54, 1.807) is 11.7 Å². The summed E-state index contributed by atoms with van der Waals surface area (Å²) in [6, 6.07) is 24.1. The molecule has 1 N–H and O–H groups in total. The summed E-state index contributed by atoms with van der Waals surface area (Å²) in [7, 11) is 1.61. The SMILES string of the molecule is COc1ccc(Cn2c(SCC(=O)Nc3ccccc3)nc3c(oc4ccccc43)c2=O)cc1. The van der Waals surface area contributed by atoms with Crippen molar-refractivity contribution in [3.05, 3.63) is 94.8 Å². The predicted octanol–water partition coefficient (Wildman–Crippen LogP) is 4.93. The molecule has 2 aromatic heterocycles. The molecule has 0 radical (unpaired) electrons. The van der Waals surface area contributed by atoms with Gasteiger partial charge in [0, 0.05) is 11.1 Å². The van der Waals surface area contributed by atoms with Crippen LogP contribution in [0, 0.1) is 0 Å². The zero-order valence-electron chi connectivity index (χ0n) is 18.4. The lowest BCUT2D eigenvalue weighted by Crippen LogP contribution is -2.24. The number of anilines is 1. The maximum absolute atomic E-state index is 13.5. The molecule has 0 unspecified atom stereocenters. The monoisotopic (exact) mass is 471 g/mol. The van der Waals surface area contributed by atoms with Crippen molar-refractivity contribution in [3.8, 4) is 5.75 Å². The second kappa shape index (κ2) is 9.44. The first-order valence-corrected chi connectivity index (χ1v) is 11.6. The van der Waals surface area contributed by atoms with Crippen molar-refractivity contribution in [1.82, 2.24) is 9.55 Å². The molecule has 3 aromatic carbocycles. The van der Waals surface area contributed by atoms with Gasteiger partial charge in [0.1, 0.15) is 16.8 Å².